The van der Waals surface area contributed by atoms with Crippen molar-refractivity contribution in [3.05, 3.63) is 0 Å². The summed E-state index contributed by atoms with van der Waals surface area (Å²) in [6.07, 6.45) is 4.46. The second kappa shape index (κ2) is 6.20. The van der Waals surface area contributed by atoms with Gasteiger partial charge in [0.05, 0.1) is 13.0 Å². The van der Waals surface area contributed by atoms with Crippen LogP contribution in [0.25, 0.3) is 0 Å². The molecule has 2 heteroatoms. The summed E-state index contributed by atoms with van der Waals surface area (Å²) < 4.78 is 4.60. The second-order valence-electron chi connectivity index (χ2n) is 2.50. The van der Waals surface area contributed by atoms with E-state index in [2.05, 4.69) is 4.74 Å². The second-order valence-corrected chi connectivity index (χ2v) is 2.50. The van der Waals surface area contributed by atoms with Crippen LogP contribution in [0.1, 0.15) is 39.5 Å². The maximum Gasteiger partial charge on any atom is 0.308 e. The Morgan fingerprint density at radius 3 is 2.09 bits per heavy atom. The minimum absolute atomic E-state index is 0.0208. The highest BCUT2D eigenvalue weighted by Gasteiger charge is 2.22. The molecule has 0 bridgehead atoms. The summed E-state index contributed by atoms with van der Waals surface area (Å²) in [5.41, 5.74) is 0. The van der Waals surface area contributed by atoms with Crippen LogP contribution in [0.4, 0.5) is 0 Å². The largest absolute Gasteiger partial charge is 0.469 e. The molecular formula is C9H18O2. The molecule has 0 heterocycles. The van der Waals surface area contributed by atoms with Gasteiger partial charge in [-0.2, -0.15) is 0 Å². The van der Waals surface area contributed by atoms with E-state index in [0.29, 0.717) is 0 Å². The number of hydrogen-bond acceptors (Lipinski definition) is 2. The van der Waals surface area contributed by atoms with Crippen LogP contribution in [0.2, 0.25) is 0 Å². The van der Waals surface area contributed by atoms with Crippen LogP contribution in [-0.2, 0) is 9.53 Å². The first-order valence-electron chi connectivity index (χ1n) is 4.42. The van der Waals surface area contributed by atoms with Crippen molar-refractivity contribution in [3.63, 3.8) is 0 Å². The summed E-state index contributed by atoms with van der Waals surface area (Å²) in [5.74, 6) is 0.197. The molecule has 0 unspecified atom stereocenters. The van der Waals surface area contributed by atoms with E-state index in [-0.39, 0.29) is 11.9 Å². The molecule has 0 amide bonds. The molecular weight excluding hydrogens is 140 g/mol. The molecule has 1 fully saturated rings. The van der Waals surface area contributed by atoms with Crippen molar-refractivity contribution in [3.8, 4) is 0 Å². The van der Waals surface area contributed by atoms with Crippen molar-refractivity contribution in [2.75, 3.05) is 7.11 Å². The smallest absolute Gasteiger partial charge is 0.308 e. The third-order valence-electron chi connectivity index (χ3n) is 1.89. The van der Waals surface area contributed by atoms with E-state index < -0.39 is 0 Å². The number of esters is 1. The van der Waals surface area contributed by atoms with Gasteiger partial charge in [0.2, 0.25) is 0 Å². The number of rotatable bonds is 1. The van der Waals surface area contributed by atoms with Crippen molar-refractivity contribution in [2.45, 2.75) is 39.5 Å². The Morgan fingerprint density at radius 2 is 1.73 bits per heavy atom. The van der Waals surface area contributed by atoms with E-state index in [0.717, 1.165) is 12.8 Å². The normalized spacial score (nSPS) is 17.0. The fourth-order valence-electron chi connectivity index (χ4n) is 1.33. The van der Waals surface area contributed by atoms with Crippen molar-refractivity contribution in [1.82, 2.24) is 0 Å². The van der Waals surface area contributed by atoms with E-state index in [1.165, 1.54) is 20.0 Å². The van der Waals surface area contributed by atoms with Crippen LogP contribution in [0.15, 0.2) is 0 Å². The molecule has 1 saturated carbocycles. The number of carbonyl (C=O) groups is 1. The van der Waals surface area contributed by atoms with Gasteiger partial charge in [-0.3, -0.25) is 4.79 Å². The van der Waals surface area contributed by atoms with Crippen molar-refractivity contribution >= 4 is 5.97 Å². The molecule has 0 spiro atoms. The highest BCUT2D eigenvalue weighted by molar-refractivity contribution is 5.72. The van der Waals surface area contributed by atoms with Gasteiger partial charge in [0.25, 0.3) is 0 Å². The Labute approximate surface area is 68.9 Å². The summed E-state index contributed by atoms with van der Waals surface area (Å²) in [5, 5.41) is 0. The first kappa shape index (κ1) is 10.5. The fraction of sp³-hybridized carbons (Fsp3) is 0.889. The molecule has 1 rings (SSSR count). The van der Waals surface area contributed by atoms with Crippen LogP contribution in [0.3, 0.4) is 0 Å². The number of ether oxygens (including phenoxy) is 1. The van der Waals surface area contributed by atoms with Gasteiger partial charge >= 0.3 is 5.97 Å². The Kier molecular flexibility index (Phi) is 5.90. The molecule has 0 atom stereocenters. The van der Waals surface area contributed by atoms with Gasteiger partial charge in [0.15, 0.2) is 0 Å². The van der Waals surface area contributed by atoms with Crippen molar-refractivity contribution < 1.29 is 9.53 Å². The summed E-state index contributed by atoms with van der Waals surface area (Å²) in [6.45, 7) is 4.00. The van der Waals surface area contributed by atoms with Crippen molar-refractivity contribution in [2.24, 2.45) is 5.92 Å². The predicted molar refractivity (Wildman–Crippen MR) is 45.3 cm³/mol. The van der Waals surface area contributed by atoms with Crippen LogP contribution < -0.4 is 0 Å². The van der Waals surface area contributed by atoms with E-state index in [9.17, 15) is 4.79 Å². The Hall–Kier alpha value is -0.530. The van der Waals surface area contributed by atoms with E-state index >= 15 is 0 Å². The fourth-order valence-corrected chi connectivity index (χ4v) is 1.33. The highest BCUT2D eigenvalue weighted by Crippen LogP contribution is 2.25. The first-order valence-corrected chi connectivity index (χ1v) is 4.42. The molecule has 2 nitrogen and oxygen atoms in total. The third kappa shape index (κ3) is 3.40. The van der Waals surface area contributed by atoms with Crippen LogP contribution in [0.5, 0.6) is 0 Å². The summed E-state index contributed by atoms with van der Waals surface area (Å²) in [6, 6.07) is 0. The SMILES string of the molecule is CC.COC(=O)C1CCCC1. The summed E-state index contributed by atoms with van der Waals surface area (Å²) >= 11 is 0. The average Bonchev–Trinajstić information content (AvgIpc) is 2.59. The summed E-state index contributed by atoms with van der Waals surface area (Å²) in [7, 11) is 1.46. The molecule has 0 radical (unpaired) electrons. The van der Waals surface area contributed by atoms with E-state index in [1.54, 1.807) is 0 Å². The monoisotopic (exact) mass is 158 g/mol. The Morgan fingerprint density at radius 1 is 1.27 bits per heavy atom. The lowest BCUT2D eigenvalue weighted by Gasteiger charge is -2.03. The minimum atomic E-state index is -0.0208. The zero-order chi connectivity index (χ0) is 8.69. The predicted octanol–water partition coefficient (Wildman–Crippen LogP) is 2.38. The first-order chi connectivity index (χ1) is 5.34. The maximum absolute atomic E-state index is 10.8. The number of methoxy groups -OCH3 is 1. The van der Waals surface area contributed by atoms with Gasteiger partial charge in [-0.15, -0.1) is 0 Å². The molecule has 0 aromatic rings. The Balaban J connectivity index is 0.000000461. The molecule has 11 heavy (non-hydrogen) atoms. The van der Waals surface area contributed by atoms with Crippen LogP contribution in [0, 0.1) is 5.92 Å². The van der Waals surface area contributed by atoms with Gasteiger partial charge in [-0.25, -0.2) is 0 Å². The third-order valence-corrected chi connectivity index (χ3v) is 1.89. The van der Waals surface area contributed by atoms with E-state index in [4.69, 9.17) is 0 Å². The van der Waals surface area contributed by atoms with Gasteiger partial charge in [0.1, 0.15) is 0 Å². The zero-order valence-corrected chi connectivity index (χ0v) is 7.72. The summed E-state index contributed by atoms with van der Waals surface area (Å²) in [4.78, 5) is 10.8. The number of carbonyl (C=O) groups excluding carboxylic acids is 1. The zero-order valence-electron chi connectivity index (χ0n) is 7.72. The van der Waals surface area contributed by atoms with Gasteiger partial charge in [-0.05, 0) is 12.8 Å². The molecule has 0 saturated heterocycles. The average molecular weight is 158 g/mol. The molecule has 1 aliphatic rings. The molecule has 0 aromatic heterocycles. The quantitative estimate of drug-likeness (QED) is 0.548. The Bertz CT molecular complexity index is 104. The van der Waals surface area contributed by atoms with Gasteiger partial charge in [-0.1, -0.05) is 26.7 Å². The molecule has 0 N–H and O–H groups in total. The van der Waals surface area contributed by atoms with Crippen molar-refractivity contribution in [1.29, 1.82) is 0 Å². The van der Waals surface area contributed by atoms with Gasteiger partial charge < -0.3 is 4.74 Å². The molecule has 1 aliphatic carbocycles. The standard InChI is InChI=1S/C7H12O2.C2H6/c1-9-7(8)6-4-2-3-5-6;1-2/h6H,2-5H2,1H3;1-2H3. The lowest BCUT2D eigenvalue weighted by atomic mass is 10.1. The molecule has 0 aromatic carbocycles. The van der Waals surface area contributed by atoms with E-state index in [1.807, 2.05) is 13.8 Å². The van der Waals surface area contributed by atoms with Crippen LogP contribution >= 0.6 is 0 Å². The lowest BCUT2D eigenvalue weighted by molar-refractivity contribution is -0.145. The maximum atomic E-state index is 10.8. The van der Waals surface area contributed by atoms with Crippen LogP contribution in [-0.4, -0.2) is 13.1 Å². The lowest BCUT2D eigenvalue weighted by Crippen LogP contribution is -2.11. The molecule has 0 aliphatic heterocycles. The minimum Gasteiger partial charge on any atom is -0.469 e. The molecule has 66 valence electrons. The van der Waals surface area contributed by atoms with Gasteiger partial charge in [0, 0.05) is 0 Å². The number of hydrogen-bond donors (Lipinski definition) is 0. The highest BCUT2D eigenvalue weighted by atomic mass is 16.5. The topological polar surface area (TPSA) is 26.3 Å².